The fourth-order valence-corrected chi connectivity index (χ4v) is 1.58. The number of hydrogen-bond acceptors (Lipinski definition) is 4. The van der Waals surface area contributed by atoms with Gasteiger partial charge in [0.25, 0.3) is 5.91 Å². The Labute approximate surface area is 108 Å². The summed E-state index contributed by atoms with van der Waals surface area (Å²) in [6.07, 6.45) is 1.46. The van der Waals surface area contributed by atoms with Gasteiger partial charge in [0.05, 0.1) is 0 Å². The first kappa shape index (κ1) is 12.2. The molecule has 6 heteroatoms. The molecule has 0 unspecified atom stereocenters. The van der Waals surface area contributed by atoms with Crippen LogP contribution in [0.3, 0.4) is 0 Å². The number of phenolic OH excluding ortho intramolecular Hbond substituents is 2. The van der Waals surface area contributed by atoms with Crippen LogP contribution in [0.15, 0.2) is 36.5 Å². The van der Waals surface area contributed by atoms with E-state index in [0.29, 0.717) is 5.69 Å². The highest BCUT2D eigenvalue weighted by Gasteiger charge is 2.09. The van der Waals surface area contributed by atoms with Crippen molar-refractivity contribution in [2.75, 3.05) is 5.32 Å². The third-order valence-electron chi connectivity index (χ3n) is 2.15. The van der Waals surface area contributed by atoms with Crippen LogP contribution in [-0.4, -0.2) is 21.1 Å². The standard InChI is InChI=1S/C12H9ClN2O3/c13-11-5-8(1-2-14-11)15-12(18)7-3-9(16)6-10(17)4-7/h1-6,16-17H,(H,14,15,18). The number of hydrogen-bond donors (Lipinski definition) is 3. The minimum absolute atomic E-state index is 0.139. The van der Waals surface area contributed by atoms with E-state index in [1.54, 1.807) is 6.07 Å². The van der Waals surface area contributed by atoms with Crippen LogP contribution in [0.4, 0.5) is 5.69 Å². The Morgan fingerprint density at radius 3 is 2.44 bits per heavy atom. The molecule has 5 nitrogen and oxygen atoms in total. The van der Waals surface area contributed by atoms with E-state index >= 15 is 0 Å². The van der Waals surface area contributed by atoms with Crippen molar-refractivity contribution in [2.45, 2.75) is 0 Å². The van der Waals surface area contributed by atoms with E-state index in [4.69, 9.17) is 11.6 Å². The fourth-order valence-electron chi connectivity index (χ4n) is 1.41. The van der Waals surface area contributed by atoms with Crippen molar-refractivity contribution in [3.05, 3.63) is 47.2 Å². The van der Waals surface area contributed by atoms with Gasteiger partial charge in [-0.25, -0.2) is 4.98 Å². The molecule has 0 atom stereocenters. The van der Waals surface area contributed by atoms with E-state index in [2.05, 4.69) is 10.3 Å². The topological polar surface area (TPSA) is 82.5 Å². The molecule has 3 N–H and O–H groups in total. The molecule has 0 saturated heterocycles. The maximum atomic E-state index is 11.8. The molecule has 1 heterocycles. The Morgan fingerprint density at radius 2 is 1.83 bits per heavy atom. The number of aromatic hydroxyl groups is 2. The smallest absolute Gasteiger partial charge is 0.255 e. The van der Waals surface area contributed by atoms with Crippen molar-refractivity contribution in [1.29, 1.82) is 0 Å². The summed E-state index contributed by atoms with van der Waals surface area (Å²) in [6.45, 7) is 0. The van der Waals surface area contributed by atoms with Crippen molar-refractivity contribution in [3.63, 3.8) is 0 Å². The lowest BCUT2D eigenvalue weighted by atomic mass is 10.2. The first-order valence-electron chi connectivity index (χ1n) is 5.00. The molecule has 0 spiro atoms. The van der Waals surface area contributed by atoms with Gasteiger partial charge in [-0.2, -0.15) is 0 Å². The molecule has 2 rings (SSSR count). The predicted molar refractivity (Wildman–Crippen MR) is 67.0 cm³/mol. The van der Waals surface area contributed by atoms with Crippen LogP contribution in [0.25, 0.3) is 0 Å². The molecule has 0 fully saturated rings. The van der Waals surface area contributed by atoms with Gasteiger partial charge in [0.2, 0.25) is 0 Å². The van der Waals surface area contributed by atoms with Gasteiger partial charge < -0.3 is 15.5 Å². The summed E-state index contributed by atoms with van der Waals surface area (Å²) in [5, 5.41) is 21.4. The minimum atomic E-state index is -0.469. The maximum absolute atomic E-state index is 11.8. The first-order valence-corrected chi connectivity index (χ1v) is 5.38. The minimum Gasteiger partial charge on any atom is -0.508 e. The lowest BCUT2D eigenvalue weighted by Gasteiger charge is -2.06. The molecule has 1 amide bonds. The molecule has 1 aromatic heterocycles. The normalized spacial score (nSPS) is 10.1. The van der Waals surface area contributed by atoms with E-state index in [-0.39, 0.29) is 22.2 Å². The Bertz CT molecular complexity index is 581. The van der Waals surface area contributed by atoms with Crippen LogP contribution in [0.5, 0.6) is 11.5 Å². The number of amides is 1. The molecule has 0 radical (unpaired) electrons. The molecule has 0 bridgehead atoms. The number of aromatic nitrogens is 1. The zero-order valence-electron chi connectivity index (χ0n) is 9.09. The second-order valence-electron chi connectivity index (χ2n) is 3.56. The molecule has 0 aliphatic rings. The summed E-state index contributed by atoms with van der Waals surface area (Å²) in [4.78, 5) is 15.6. The van der Waals surface area contributed by atoms with Gasteiger partial charge in [-0.3, -0.25) is 4.79 Å². The van der Waals surface area contributed by atoms with E-state index in [9.17, 15) is 15.0 Å². The summed E-state index contributed by atoms with van der Waals surface area (Å²) >= 11 is 5.68. The van der Waals surface area contributed by atoms with E-state index in [1.165, 1.54) is 24.4 Å². The fraction of sp³-hybridized carbons (Fsp3) is 0. The summed E-state index contributed by atoms with van der Waals surface area (Å²) in [5.41, 5.74) is 0.614. The Balaban J connectivity index is 2.22. The lowest BCUT2D eigenvalue weighted by Crippen LogP contribution is -2.11. The zero-order valence-corrected chi connectivity index (χ0v) is 9.85. The number of nitrogens with one attached hydrogen (secondary N) is 1. The quantitative estimate of drug-likeness (QED) is 0.728. The number of carbonyl (C=O) groups is 1. The molecule has 92 valence electrons. The second-order valence-corrected chi connectivity index (χ2v) is 3.95. The summed E-state index contributed by atoms with van der Waals surface area (Å²) in [7, 11) is 0. The molecular weight excluding hydrogens is 256 g/mol. The zero-order chi connectivity index (χ0) is 13.1. The lowest BCUT2D eigenvalue weighted by molar-refractivity contribution is 0.102. The monoisotopic (exact) mass is 264 g/mol. The van der Waals surface area contributed by atoms with Crippen molar-refractivity contribution in [2.24, 2.45) is 0 Å². The van der Waals surface area contributed by atoms with Gasteiger partial charge in [0.1, 0.15) is 16.7 Å². The number of carbonyl (C=O) groups excluding carboxylic acids is 1. The number of phenols is 2. The van der Waals surface area contributed by atoms with Gasteiger partial charge in [-0.15, -0.1) is 0 Å². The number of pyridine rings is 1. The maximum Gasteiger partial charge on any atom is 0.255 e. The van der Waals surface area contributed by atoms with Crippen LogP contribution >= 0.6 is 11.6 Å². The third kappa shape index (κ3) is 2.89. The number of anilines is 1. The first-order chi connectivity index (χ1) is 8.54. The largest absolute Gasteiger partial charge is 0.508 e. The van der Waals surface area contributed by atoms with Gasteiger partial charge in [0.15, 0.2) is 0 Å². The summed E-state index contributed by atoms with van der Waals surface area (Å²) in [5.74, 6) is -0.843. The van der Waals surface area contributed by atoms with Crippen LogP contribution < -0.4 is 5.32 Å². The van der Waals surface area contributed by atoms with Crippen molar-refractivity contribution >= 4 is 23.2 Å². The van der Waals surface area contributed by atoms with E-state index in [1.807, 2.05) is 0 Å². The van der Waals surface area contributed by atoms with Crippen LogP contribution in [0, 0.1) is 0 Å². The van der Waals surface area contributed by atoms with Crippen molar-refractivity contribution in [3.8, 4) is 11.5 Å². The van der Waals surface area contributed by atoms with Gasteiger partial charge in [0, 0.05) is 23.5 Å². The number of rotatable bonds is 2. The highest BCUT2D eigenvalue weighted by Crippen LogP contribution is 2.21. The SMILES string of the molecule is O=C(Nc1ccnc(Cl)c1)c1cc(O)cc(O)c1. The number of benzene rings is 1. The van der Waals surface area contributed by atoms with Gasteiger partial charge >= 0.3 is 0 Å². The van der Waals surface area contributed by atoms with Gasteiger partial charge in [-0.05, 0) is 24.3 Å². The van der Waals surface area contributed by atoms with Gasteiger partial charge in [-0.1, -0.05) is 11.6 Å². The molecule has 1 aromatic carbocycles. The molecule has 18 heavy (non-hydrogen) atoms. The van der Waals surface area contributed by atoms with E-state index < -0.39 is 5.91 Å². The van der Waals surface area contributed by atoms with Crippen molar-refractivity contribution in [1.82, 2.24) is 4.98 Å². The second kappa shape index (κ2) is 4.93. The van der Waals surface area contributed by atoms with Crippen LogP contribution in [0.2, 0.25) is 5.15 Å². The summed E-state index contributed by atoms with van der Waals surface area (Å²) in [6, 6.07) is 6.70. The molecule has 0 saturated carbocycles. The highest BCUT2D eigenvalue weighted by atomic mass is 35.5. The Morgan fingerprint density at radius 1 is 1.17 bits per heavy atom. The van der Waals surface area contributed by atoms with Crippen LogP contribution in [0.1, 0.15) is 10.4 Å². The Kier molecular flexibility index (Phi) is 3.34. The average molecular weight is 265 g/mol. The molecule has 0 aliphatic carbocycles. The third-order valence-corrected chi connectivity index (χ3v) is 2.36. The van der Waals surface area contributed by atoms with Crippen molar-refractivity contribution < 1.29 is 15.0 Å². The van der Waals surface area contributed by atoms with Crippen LogP contribution in [-0.2, 0) is 0 Å². The number of nitrogens with zero attached hydrogens (tertiary/aromatic N) is 1. The summed E-state index contributed by atoms with van der Waals surface area (Å²) < 4.78 is 0. The molecule has 0 aliphatic heterocycles. The van der Waals surface area contributed by atoms with E-state index in [0.717, 1.165) is 6.07 Å². The molecular formula is C12H9ClN2O3. The average Bonchev–Trinajstić information content (AvgIpc) is 2.27. The Hall–Kier alpha value is -2.27. The number of halogens is 1. The molecule has 2 aromatic rings. The predicted octanol–water partition coefficient (Wildman–Crippen LogP) is 2.40. The highest BCUT2D eigenvalue weighted by molar-refractivity contribution is 6.29.